The van der Waals surface area contributed by atoms with Crippen LogP contribution in [0.4, 0.5) is 0 Å². The summed E-state index contributed by atoms with van der Waals surface area (Å²) < 4.78 is 24.3. The molecule has 0 atom stereocenters. The van der Waals surface area contributed by atoms with E-state index in [1.54, 1.807) is 0 Å². The first kappa shape index (κ1) is 19.4. The van der Waals surface area contributed by atoms with E-state index in [2.05, 4.69) is 19.9 Å². The Morgan fingerprint density at radius 1 is 0.909 bits per heavy atom. The zero-order chi connectivity index (χ0) is 16.4. The Morgan fingerprint density at radius 2 is 1.50 bits per heavy atom. The number of aryl methyl sites for hydroxylation is 1. The van der Waals surface area contributed by atoms with Crippen LogP contribution in [0.25, 0.3) is 0 Å². The van der Waals surface area contributed by atoms with Gasteiger partial charge in [-0.3, -0.25) is 4.57 Å². The van der Waals surface area contributed by atoms with Gasteiger partial charge in [-0.2, -0.15) is 0 Å². The molecule has 0 fully saturated rings. The molecule has 0 saturated carbocycles. The van der Waals surface area contributed by atoms with E-state index in [0.29, 0.717) is 13.2 Å². The Bertz CT molecular complexity index is 475. The minimum absolute atomic E-state index is 0.393. The van der Waals surface area contributed by atoms with Crippen molar-refractivity contribution in [3.63, 3.8) is 0 Å². The van der Waals surface area contributed by atoms with Crippen LogP contribution in [0.2, 0.25) is 0 Å². The summed E-state index contributed by atoms with van der Waals surface area (Å²) in [6.07, 6.45) is 6.49. The molecule has 0 heterocycles. The van der Waals surface area contributed by atoms with E-state index in [-0.39, 0.29) is 0 Å². The van der Waals surface area contributed by atoms with Crippen molar-refractivity contribution >= 4 is 12.9 Å². The van der Waals surface area contributed by atoms with Gasteiger partial charge in [0.2, 0.25) is 0 Å². The van der Waals surface area contributed by atoms with Crippen molar-refractivity contribution in [2.75, 3.05) is 13.2 Å². The highest BCUT2D eigenvalue weighted by Crippen LogP contribution is 2.48. The molecular formula is C18H31O3P. The van der Waals surface area contributed by atoms with Crippen LogP contribution in [0.3, 0.4) is 0 Å². The first-order valence-corrected chi connectivity index (χ1v) is 10.2. The van der Waals surface area contributed by atoms with E-state index in [1.807, 2.05) is 26.0 Å². The minimum atomic E-state index is -3.21. The molecule has 1 rings (SSSR count). The molecule has 1 aromatic carbocycles. The van der Waals surface area contributed by atoms with Crippen molar-refractivity contribution in [1.29, 1.82) is 0 Å². The highest BCUT2D eigenvalue weighted by atomic mass is 31.2. The summed E-state index contributed by atoms with van der Waals surface area (Å²) in [5, 5.41) is 0.776. The van der Waals surface area contributed by atoms with Gasteiger partial charge in [-0.1, -0.05) is 38.8 Å². The average molecular weight is 326 g/mol. The molecule has 0 aromatic heterocycles. The third-order valence-electron chi connectivity index (χ3n) is 3.72. The van der Waals surface area contributed by atoms with Crippen molar-refractivity contribution in [3.05, 3.63) is 29.3 Å². The largest absolute Gasteiger partial charge is 0.361 e. The lowest BCUT2D eigenvalue weighted by Crippen LogP contribution is -2.18. The summed E-state index contributed by atoms with van der Waals surface area (Å²) in [7, 11) is -3.21. The van der Waals surface area contributed by atoms with Crippen molar-refractivity contribution in [3.8, 4) is 0 Å². The second-order valence-electron chi connectivity index (χ2n) is 5.45. The first-order valence-electron chi connectivity index (χ1n) is 8.63. The molecule has 3 nitrogen and oxygen atoms in total. The maximum atomic E-state index is 13.2. The summed E-state index contributed by atoms with van der Waals surface area (Å²) in [6, 6.07) is 6.07. The normalized spacial score (nSPS) is 11.8. The lowest BCUT2D eigenvalue weighted by molar-refractivity contribution is 0.229. The van der Waals surface area contributed by atoms with Gasteiger partial charge >= 0.3 is 7.60 Å². The van der Waals surface area contributed by atoms with E-state index in [9.17, 15) is 4.57 Å². The molecule has 0 bridgehead atoms. The molecule has 0 unspecified atom stereocenters. The maximum absolute atomic E-state index is 13.2. The smallest absolute Gasteiger partial charge is 0.305 e. The second-order valence-corrected chi connectivity index (χ2v) is 7.45. The van der Waals surface area contributed by atoms with Gasteiger partial charge in [-0.05, 0) is 56.7 Å². The molecule has 0 radical (unpaired) electrons. The van der Waals surface area contributed by atoms with Gasteiger partial charge in [0.25, 0.3) is 0 Å². The predicted molar refractivity (Wildman–Crippen MR) is 94.2 cm³/mol. The van der Waals surface area contributed by atoms with Crippen LogP contribution >= 0.6 is 7.60 Å². The fourth-order valence-electron chi connectivity index (χ4n) is 2.64. The van der Waals surface area contributed by atoms with E-state index in [4.69, 9.17) is 9.05 Å². The van der Waals surface area contributed by atoms with Crippen LogP contribution in [0.1, 0.15) is 64.5 Å². The van der Waals surface area contributed by atoms with Crippen molar-refractivity contribution in [2.24, 2.45) is 0 Å². The molecule has 126 valence electrons. The van der Waals surface area contributed by atoms with Crippen molar-refractivity contribution in [2.45, 2.75) is 66.2 Å². The zero-order valence-corrected chi connectivity index (χ0v) is 15.5. The van der Waals surface area contributed by atoms with Gasteiger partial charge in [-0.25, -0.2) is 0 Å². The molecule has 0 spiro atoms. The van der Waals surface area contributed by atoms with Gasteiger partial charge in [0.15, 0.2) is 0 Å². The summed E-state index contributed by atoms with van der Waals surface area (Å²) >= 11 is 0. The average Bonchev–Trinajstić information content (AvgIpc) is 2.51. The third kappa shape index (κ3) is 5.22. The minimum Gasteiger partial charge on any atom is -0.305 e. The molecule has 0 N–H and O–H groups in total. The Morgan fingerprint density at radius 3 is 2.05 bits per heavy atom. The van der Waals surface area contributed by atoms with Crippen LogP contribution in [0, 0.1) is 0 Å². The molecule has 0 saturated heterocycles. The SMILES string of the molecule is CCCCc1cccc(P(=O)(OCC)OCC)c1CCCC. The highest BCUT2D eigenvalue weighted by Gasteiger charge is 2.30. The molecule has 4 heteroatoms. The Kier molecular flexibility index (Phi) is 9.00. The number of hydrogen-bond donors (Lipinski definition) is 0. The predicted octanol–water partition coefficient (Wildman–Crippen LogP) is 5.26. The molecule has 1 aromatic rings. The molecule has 22 heavy (non-hydrogen) atoms. The van der Waals surface area contributed by atoms with E-state index in [1.165, 1.54) is 11.1 Å². The van der Waals surface area contributed by atoms with Crippen LogP contribution < -0.4 is 5.30 Å². The van der Waals surface area contributed by atoms with Crippen LogP contribution in [-0.2, 0) is 26.5 Å². The standard InChI is InChI=1S/C18H31O3P/c1-5-9-12-16-13-11-15-18(17(16)14-10-6-2)22(19,20-7-3)21-8-4/h11,13,15H,5-10,12,14H2,1-4H3. The van der Waals surface area contributed by atoms with E-state index < -0.39 is 7.60 Å². The topological polar surface area (TPSA) is 35.5 Å². The number of hydrogen-bond acceptors (Lipinski definition) is 3. The van der Waals surface area contributed by atoms with Crippen LogP contribution in [0.15, 0.2) is 18.2 Å². The van der Waals surface area contributed by atoms with Gasteiger partial charge < -0.3 is 9.05 Å². The third-order valence-corrected chi connectivity index (χ3v) is 5.93. The fourth-order valence-corrected chi connectivity index (χ4v) is 4.52. The molecule has 0 aliphatic rings. The summed E-state index contributed by atoms with van der Waals surface area (Å²) in [4.78, 5) is 0. The Hall–Kier alpha value is -0.630. The van der Waals surface area contributed by atoms with E-state index >= 15 is 0 Å². The summed E-state index contributed by atoms with van der Waals surface area (Å²) in [5.41, 5.74) is 2.48. The zero-order valence-electron chi connectivity index (χ0n) is 14.6. The van der Waals surface area contributed by atoms with Crippen LogP contribution in [0.5, 0.6) is 0 Å². The molecule has 0 amide bonds. The Balaban J connectivity index is 3.27. The maximum Gasteiger partial charge on any atom is 0.361 e. The molecule has 0 aliphatic heterocycles. The number of benzene rings is 1. The van der Waals surface area contributed by atoms with Crippen molar-refractivity contribution < 1.29 is 13.6 Å². The second kappa shape index (κ2) is 10.2. The number of unbranched alkanes of at least 4 members (excludes halogenated alkanes) is 2. The Labute approximate surface area is 136 Å². The van der Waals surface area contributed by atoms with Crippen molar-refractivity contribution in [1.82, 2.24) is 0 Å². The quantitative estimate of drug-likeness (QED) is 0.520. The highest BCUT2D eigenvalue weighted by molar-refractivity contribution is 7.62. The van der Waals surface area contributed by atoms with Gasteiger partial charge in [0.1, 0.15) is 0 Å². The monoisotopic (exact) mass is 326 g/mol. The van der Waals surface area contributed by atoms with Gasteiger partial charge in [0.05, 0.1) is 18.5 Å². The number of rotatable bonds is 11. The fraction of sp³-hybridized carbons (Fsp3) is 0.667. The lowest BCUT2D eigenvalue weighted by atomic mass is 9.98. The summed E-state index contributed by atoms with van der Waals surface area (Å²) in [5.74, 6) is 0. The first-order chi connectivity index (χ1) is 10.6. The van der Waals surface area contributed by atoms with Gasteiger partial charge in [-0.15, -0.1) is 0 Å². The lowest BCUT2D eigenvalue weighted by Gasteiger charge is -2.22. The van der Waals surface area contributed by atoms with Crippen LogP contribution in [-0.4, -0.2) is 13.2 Å². The van der Waals surface area contributed by atoms with Gasteiger partial charge in [0, 0.05) is 0 Å². The van der Waals surface area contributed by atoms with E-state index in [0.717, 1.165) is 43.8 Å². The molecule has 0 aliphatic carbocycles. The summed E-state index contributed by atoms with van der Waals surface area (Å²) in [6.45, 7) is 8.88. The molecular weight excluding hydrogens is 295 g/mol.